The number of fused-ring (bicyclic) bond motifs is 1. The molecule has 0 unspecified atom stereocenters. The number of halogens is 1. The molecule has 1 amide bonds. The van der Waals surface area contributed by atoms with E-state index in [0.29, 0.717) is 28.8 Å². The van der Waals surface area contributed by atoms with Crippen LogP contribution in [0.25, 0.3) is 22.4 Å². The van der Waals surface area contributed by atoms with Crippen LogP contribution in [0.2, 0.25) is 0 Å². The lowest BCUT2D eigenvalue weighted by atomic mass is 10.0. The topological polar surface area (TPSA) is 85.5 Å². The maximum atomic E-state index is 14.4. The summed E-state index contributed by atoms with van der Waals surface area (Å²) in [4.78, 5) is 30.9. The zero-order valence-corrected chi connectivity index (χ0v) is 17.8. The number of carbonyl (C=O) groups is 2. The minimum absolute atomic E-state index is 0.169. The second-order valence-corrected chi connectivity index (χ2v) is 7.33. The number of hydrogen-bond donors (Lipinski definition) is 0. The highest BCUT2D eigenvalue weighted by Gasteiger charge is 2.23. The molecule has 0 bridgehead atoms. The molecule has 2 heterocycles. The number of benzene rings is 2. The lowest BCUT2D eigenvalue weighted by molar-refractivity contribution is 0.0600. The van der Waals surface area contributed by atoms with Gasteiger partial charge in [-0.25, -0.2) is 14.2 Å². The third kappa shape index (κ3) is 3.94. The second kappa shape index (κ2) is 8.58. The molecule has 4 rings (SSSR count). The molecule has 7 nitrogen and oxygen atoms in total. The van der Waals surface area contributed by atoms with Gasteiger partial charge in [0.15, 0.2) is 0 Å². The Balaban J connectivity index is 1.68. The standard InChI is InChI=1S/C24H20FN3O4/c1-14-21-18(12-20(26-22(21)32-27-14)17-6-4-5-7-19(17)25)23(29)28(2)13-15-8-10-16(11-9-15)24(30)31-3/h4-12H,13H2,1-3H3. The molecule has 0 aliphatic rings. The van der Waals surface area contributed by atoms with Gasteiger partial charge in [0.2, 0.25) is 0 Å². The molecule has 0 saturated carbocycles. The average molecular weight is 433 g/mol. The fourth-order valence-electron chi connectivity index (χ4n) is 3.49. The first kappa shape index (κ1) is 21.2. The van der Waals surface area contributed by atoms with Crippen molar-refractivity contribution < 1.29 is 23.2 Å². The molecule has 0 spiro atoms. The van der Waals surface area contributed by atoms with Crippen molar-refractivity contribution in [3.8, 4) is 11.3 Å². The summed E-state index contributed by atoms with van der Waals surface area (Å²) < 4.78 is 24.4. The largest absolute Gasteiger partial charge is 0.465 e. The Labute approximate surface area is 183 Å². The molecule has 0 aliphatic heterocycles. The molecule has 0 atom stereocenters. The number of amides is 1. The number of methoxy groups -OCH3 is 1. The monoisotopic (exact) mass is 433 g/mol. The molecule has 162 valence electrons. The van der Waals surface area contributed by atoms with E-state index in [2.05, 4.69) is 10.1 Å². The van der Waals surface area contributed by atoms with Gasteiger partial charge >= 0.3 is 5.97 Å². The van der Waals surface area contributed by atoms with Crippen molar-refractivity contribution in [2.45, 2.75) is 13.5 Å². The lowest BCUT2D eigenvalue weighted by Gasteiger charge is -2.18. The SMILES string of the molecule is COC(=O)c1ccc(CN(C)C(=O)c2cc(-c3ccccc3F)nc3onc(C)c23)cc1. The maximum absolute atomic E-state index is 14.4. The predicted molar refractivity (Wildman–Crippen MR) is 116 cm³/mol. The van der Waals surface area contributed by atoms with E-state index in [4.69, 9.17) is 9.26 Å². The highest BCUT2D eigenvalue weighted by Crippen LogP contribution is 2.29. The van der Waals surface area contributed by atoms with Crippen molar-refractivity contribution in [3.05, 3.63) is 82.8 Å². The third-order valence-corrected chi connectivity index (χ3v) is 5.14. The quantitative estimate of drug-likeness (QED) is 0.434. The highest BCUT2D eigenvalue weighted by molar-refractivity contribution is 6.06. The first-order chi connectivity index (χ1) is 15.4. The average Bonchev–Trinajstić information content (AvgIpc) is 3.19. The van der Waals surface area contributed by atoms with Gasteiger partial charge in [0.1, 0.15) is 5.82 Å². The molecular formula is C24H20FN3O4. The second-order valence-electron chi connectivity index (χ2n) is 7.33. The first-order valence-electron chi connectivity index (χ1n) is 9.83. The Kier molecular flexibility index (Phi) is 5.68. The van der Waals surface area contributed by atoms with Gasteiger partial charge in [0.25, 0.3) is 11.6 Å². The van der Waals surface area contributed by atoms with E-state index < -0.39 is 11.8 Å². The molecule has 0 radical (unpaired) electrons. The van der Waals surface area contributed by atoms with E-state index in [1.54, 1.807) is 62.5 Å². The van der Waals surface area contributed by atoms with Crippen molar-refractivity contribution in [1.82, 2.24) is 15.0 Å². The van der Waals surface area contributed by atoms with Gasteiger partial charge in [0, 0.05) is 19.2 Å². The zero-order valence-electron chi connectivity index (χ0n) is 17.8. The van der Waals surface area contributed by atoms with Crippen LogP contribution in [0, 0.1) is 12.7 Å². The molecule has 8 heteroatoms. The van der Waals surface area contributed by atoms with Crippen LogP contribution in [0.1, 0.15) is 32.0 Å². The number of ether oxygens (including phenoxy) is 1. The van der Waals surface area contributed by atoms with Crippen molar-refractivity contribution >= 4 is 23.0 Å². The number of pyridine rings is 1. The number of hydrogen-bond acceptors (Lipinski definition) is 6. The van der Waals surface area contributed by atoms with Crippen LogP contribution in [-0.4, -0.2) is 41.1 Å². The zero-order chi connectivity index (χ0) is 22.8. The Morgan fingerprint density at radius 1 is 1.12 bits per heavy atom. The maximum Gasteiger partial charge on any atom is 0.337 e. The van der Waals surface area contributed by atoms with E-state index in [0.717, 1.165) is 5.56 Å². The fourth-order valence-corrected chi connectivity index (χ4v) is 3.49. The van der Waals surface area contributed by atoms with Crippen LogP contribution in [-0.2, 0) is 11.3 Å². The van der Waals surface area contributed by atoms with Gasteiger partial charge in [-0.1, -0.05) is 29.4 Å². The number of aryl methyl sites for hydroxylation is 1. The number of aromatic nitrogens is 2. The van der Waals surface area contributed by atoms with Gasteiger partial charge in [-0.2, -0.15) is 0 Å². The summed E-state index contributed by atoms with van der Waals surface area (Å²) in [5.74, 6) is -1.17. The molecule has 0 saturated heterocycles. The van der Waals surface area contributed by atoms with Gasteiger partial charge in [-0.3, -0.25) is 4.79 Å². The van der Waals surface area contributed by atoms with E-state index >= 15 is 0 Å². The molecule has 2 aromatic carbocycles. The highest BCUT2D eigenvalue weighted by atomic mass is 19.1. The minimum atomic E-state index is -0.451. The molecule has 0 aliphatic carbocycles. The summed E-state index contributed by atoms with van der Waals surface area (Å²) in [5, 5.41) is 4.42. The van der Waals surface area contributed by atoms with Crippen LogP contribution in [0.15, 0.2) is 59.1 Å². The Morgan fingerprint density at radius 3 is 2.53 bits per heavy atom. The van der Waals surface area contributed by atoms with Gasteiger partial charge in [0.05, 0.1) is 35.0 Å². The van der Waals surface area contributed by atoms with Gasteiger partial charge in [-0.15, -0.1) is 0 Å². The van der Waals surface area contributed by atoms with Crippen molar-refractivity contribution in [2.24, 2.45) is 0 Å². The van der Waals surface area contributed by atoms with Crippen molar-refractivity contribution in [2.75, 3.05) is 14.2 Å². The summed E-state index contributed by atoms with van der Waals surface area (Å²) >= 11 is 0. The summed E-state index contributed by atoms with van der Waals surface area (Å²) in [6, 6.07) is 14.6. The lowest BCUT2D eigenvalue weighted by Crippen LogP contribution is -2.26. The number of esters is 1. The van der Waals surface area contributed by atoms with Gasteiger partial charge in [-0.05, 0) is 42.8 Å². The van der Waals surface area contributed by atoms with Gasteiger partial charge < -0.3 is 14.2 Å². The van der Waals surface area contributed by atoms with Crippen LogP contribution in [0.3, 0.4) is 0 Å². The number of rotatable bonds is 5. The molecule has 32 heavy (non-hydrogen) atoms. The van der Waals surface area contributed by atoms with E-state index in [1.165, 1.54) is 18.1 Å². The molecule has 4 aromatic rings. The molecular weight excluding hydrogens is 413 g/mol. The van der Waals surface area contributed by atoms with Crippen LogP contribution < -0.4 is 0 Å². The minimum Gasteiger partial charge on any atom is -0.465 e. The van der Waals surface area contributed by atoms with Crippen LogP contribution in [0.5, 0.6) is 0 Å². The van der Waals surface area contributed by atoms with Crippen molar-refractivity contribution in [3.63, 3.8) is 0 Å². The smallest absolute Gasteiger partial charge is 0.337 e. The Bertz CT molecular complexity index is 1310. The fraction of sp³-hybridized carbons (Fsp3) is 0.167. The van der Waals surface area contributed by atoms with Crippen LogP contribution in [0.4, 0.5) is 4.39 Å². The third-order valence-electron chi connectivity index (χ3n) is 5.14. The summed E-state index contributed by atoms with van der Waals surface area (Å²) in [7, 11) is 2.98. The number of carbonyl (C=O) groups excluding carboxylic acids is 2. The van der Waals surface area contributed by atoms with Crippen LogP contribution >= 0.6 is 0 Å². The van der Waals surface area contributed by atoms with E-state index in [-0.39, 0.29) is 22.9 Å². The van der Waals surface area contributed by atoms with Crippen molar-refractivity contribution in [1.29, 1.82) is 0 Å². The Hall–Kier alpha value is -4.07. The molecule has 0 fully saturated rings. The Morgan fingerprint density at radius 2 is 1.84 bits per heavy atom. The molecule has 0 N–H and O–H groups in total. The summed E-state index contributed by atoms with van der Waals surface area (Å²) in [6.07, 6.45) is 0. The first-order valence-corrected chi connectivity index (χ1v) is 9.83. The van der Waals surface area contributed by atoms with E-state index in [1.807, 2.05) is 0 Å². The predicted octanol–water partition coefficient (Wildman–Crippen LogP) is 4.40. The normalized spacial score (nSPS) is 10.9. The molecule has 2 aromatic heterocycles. The summed E-state index contributed by atoms with van der Waals surface area (Å²) in [6.45, 7) is 2.02. The summed E-state index contributed by atoms with van der Waals surface area (Å²) in [5.41, 5.74) is 2.81. The number of nitrogens with zero attached hydrogens (tertiary/aromatic N) is 3. The van der Waals surface area contributed by atoms with E-state index in [9.17, 15) is 14.0 Å².